The molecule has 8 nitrogen and oxygen atoms in total. The molecule has 1 heterocycles. The van der Waals surface area contributed by atoms with E-state index < -0.39 is 10.8 Å². The van der Waals surface area contributed by atoms with Crippen molar-refractivity contribution in [1.82, 2.24) is 8.75 Å². The average molecular weight is 330 g/mol. The van der Waals surface area contributed by atoms with Gasteiger partial charge >= 0.3 is 0 Å². The molecule has 9 heteroatoms. The lowest BCUT2D eigenvalue weighted by atomic mass is 10.1. The molecule has 0 saturated carbocycles. The highest BCUT2D eigenvalue weighted by Crippen LogP contribution is 2.29. The molecule has 0 bridgehead atoms. The number of nitrogens with zero attached hydrogens (tertiary/aromatic N) is 3. The first-order chi connectivity index (χ1) is 11.1. The van der Waals surface area contributed by atoms with E-state index >= 15 is 0 Å². The number of nitrogens with one attached hydrogen (secondary N) is 1. The zero-order valence-electron chi connectivity index (χ0n) is 11.8. The summed E-state index contributed by atoms with van der Waals surface area (Å²) in [6.45, 7) is 0. The maximum absolute atomic E-state index is 12.3. The van der Waals surface area contributed by atoms with E-state index in [1.165, 1.54) is 25.3 Å². The number of methoxy groups -OCH3 is 1. The van der Waals surface area contributed by atoms with Crippen LogP contribution in [-0.2, 0) is 0 Å². The number of hydrogen-bond acceptors (Lipinski definition) is 7. The number of hydrogen-bond donors (Lipinski definition) is 1. The Morgan fingerprint density at radius 1 is 1.22 bits per heavy atom. The van der Waals surface area contributed by atoms with Gasteiger partial charge in [0.15, 0.2) is 0 Å². The molecule has 0 fully saturated rings. The number of carbonyl (C=O) groups excluding carboxylic acids is 1. The molecule has 0 unspecified atom stereocenters. The summed E-state index contributed by atoms with van der Waals surface area (Å²) in [7, 11) is 1.42. The standard InChI is InChI=1S/C14H10N4O4S/c1-22-13-5-3-9(18(20)21)7-12(13)15-14(19)8-2-4-10-11(6-8)17-23-16-10/h2-7H,1H3,(H,15,19). The summed E-state index contributed by atoms with van der Waals surface area (Å²) in [4.78, 5) is 22.7. The van der Waals surface area contributed by atoms with E-state index in [2.05, 4.69) is 14.1 Å². The Labute approximate surface area is 134 Å². The van der Waals surface area contributed by atoms with Crippen LogP contribution in [0.5, 0.6) is 5.75 Å². The Balaban J connectivity index is 1.92. The molecule has 0 aliphatic heterocycles. The number of anilines is 1. The summed E-state index contributed by atoms with van der Waals surface area (Å²) in [5.41, 5.74) is 1.79. The smallest absolute Gasteiger partial charge is 0.271 e. The second kappa shape index (κ2) is 5.97. The molecule has 0 spiro atoms. The molecular formula is C14H10N4O4S. The number of fused-ring (bicyclic) bond motifs is 1. The molecule has 1 aromatic heterocycles. The fraction of sp³-hybridized carbons (Fsp3) is 0.0714. The number of non-ortho nitro benzene ring substituents is 1. The van der Waals surface area contributed by atoms with E-state index in [4.69, 9.17) is 4.74 Å². The van der Waals surface area contributed by atoms with Gasteiger partial charge in [0.05, 0.1) is 29.4 Å². The van der Waals surface area contributed by atoms with Crippen LogP contribution in [0, 0.1) is 10.1 Å². The third-order valence-electron chi connectivity index (χ3n) is 3.16. The first-order valence-electron chi connectivity index (χ1n) is 6.44. The predicted octanol–water partition coefficient (Wildman–Crippen LogP) is 2.86. The maximum Gasteiger partial charge on any atom is 0.271 e. The van der Waals surface area contributed by atoms with Gasteiger partial charge in [-0.3, -0.25) is 14.9 Å². The molecule has 0 radical (unpaired) electrons. The van der Waals surface area contributed by atoms with Gasteiger partial charge in [0.2, 0.25) is 0 Å². The monoisotopic (exact) mass is 330 g/mol. The van der Waals surface area contributed by atoms with Crippen LogP contribution in [0.2, 0.25) is 0 Å². The third kappa shape index (κ3) is 2.94. The maximum atomic E-state index is 12.3. The fourth-order valence-electron chi connectivity index (χ4n) is 2.03. The molecule has 1 N–H and O–H groups in total. The highest BCUT2D eigenvalue weighted by Gasteiger charge is 2.15. The molecule has 116 valence electrons. The molecule has 1 amide bonds. The number of nitro benzene ring substituents is 1. The first-order valence-corrected chi connectivity index (χ1v) is 7.17. The molecular weight excluding hydrogens is 320 g/mol. The van der Waals surface area contributed by atoms with Gasteiger partial charge in [-0.2, -0.15) is 8.75 Å². The van der Waals surface area contributed by atoms with Gasteiger partial charge in [-0.05, 0) is 24.3 Å². The summed E-state index contributed by atoms with van der Waals surface area (Å²) >= 11 is 1.06. The summed E-state index contributed by atoms with van der Waals surface area (Å²) in [6.07, 6.45) is 0. The van der Waals surface area contributed by atoms with Crippen LogP contribution in [0.4, 0.5) is 11.4 Å². The van der Waals surface area contributed by atoms with Crippen molar-refractivity contribution < 1.29 is 14.5 Å². The van der Waals surface area contributed by atoms with Crippen LogP contribution in [0.15, 0.2) is 36.4 Å². The van der Waals surface area contributed by atoms with Crippen LogP contribution in [0.3, 0.4) is 0 Å². The molecule has 0 aliphatic carbocycles. The number of benzene rings is 2. The van der Waals surface area contributed by atoms with Crippen molar-refractivity contribution >= 4 is 40.0 Å². The first kappa shape index (κ1) is 14.9. The minimum atomic E-state index is -0.540. The van der Waals surface area contributed by atoms with Gasteiger partial charge in [0.25, 0.3) is 11.6 Å². The molecule has 23 heavy (non-hydrogen) atoms. The van der Waals surface area contributed by atoms with Crippen molar-refractivity contribution in [3.8, 4) is 5.75 Å². The Bertz CT molecular complexity index is 909. The number of amides is 1. The topological polar surface area (TPSA) is 107 Å². The van der Waals surface area contributed by atoms with Crippen molar-refractivity contribution in [1.29, 1.82) is 0 Å². The van der Waals surface area contributed by atoms with Crippen molar-refractivity contribution in [2.75, 3.05) is 12.4 Å². The number of carbonyl (C=O) groups is 1. The van der Waals surface area contributed by atoms with Gasteiger partial charge in [-0.25, -0.2) is 0 Å². The zero-order chi connectivity index (χ0) is 16.4. The Morgan fingerprint density at radius 2 is 2.00 bits per heavy atom. The van der Waals surface area contributed by atoms with Crippen LogP contribution < -0.4 is 10.1 Å². The van der Waals surface area contributed by atoms with Gasteiger partial charge in [0.1, 0.15) is 16.8 Å². The summed E-state index contributed by atoms with van der Waals surface area (Å²) in [6, 6.07) is 8.90. The predicted molar refractivity (Wildman–Crippen MR) is 85.0 cm³/mol. The van der Waals surface area contributed by atoms with Crippen molar-refractivity contribution in [3.05, 3.63) is 52.1 Å². The average Bonchev–Trinajstić information content (AvgIpc) is 3.02. The lowest BCUT2D eigenvalue weighted by Gasteiger charge is -2.10. The molecule has 3 rings (SSSR count). The number of aromatic nitrogens is 2. The van der Waals surface area contributed by atoms with Gasteiger partial charge < -0.3 is 10.1 Å². The van der Waals surface area contributed by atoms with Crippen LogP contribution >= 0.6 is 11.7 Å². The quantitative estimate of drug-likeness (QED) is 0.582. The van der Waals surface area contributed by atoms with E-state index in [9.17, 15) is 14.9 Å². The van der Waals surface area contributed by atoms with E-state index in [0.717, 1.165) is 11.7 Å². The normalized spacial score (nSPS) is 10.5. The molecule has 0 atom stereocenters. The van der Waals surface area contributed by atoms with Crippen molar-refractivity contribution in [2.45, 2.75) is 0 Å². The van der Waals surface area contributed by atoms with Crippen LogP contribution in [0.25, 0.3) is 11.0 Å². The van der Waals surface area contributed by atoms with Crippen LogP contribution in [0.1, 0.15) is 10.4 Å². The summed E-state index contributed by atoms with van der Waals surface area (Å²) in [5, 5.41) is 13.5. The molecule has 0 saturated heterocycles. The second-order valence-corrected chi connectivity index (χ2v) is 5.09. The molecule has 3 aromatic rings. The minimum absolute atomic E-state index is 0.139. The van der Waals surface area contributed by atoms with Gasteiger partial charge in [-0.15, -0.1) is 0 Å². The zero-order valence-corrected chi connectivity index (χ0v) is 12.7. The highest BCUT2D eigenvalue weighted by atomic mass is 32.1. The summed E-state index contributed by atoms with van der Waals surface area (Å²) < 4.78 is 13.3. The largest absolute Gasteiger partial charge is 0.495 e. The van der Waals surface area contributed by atoms with E-state index in [-0.39, 0.29) is 11.4 Å². The van der Waals surface area contributed by atoms with E-state index in [1.54, 1.807) is 18.2 Å². The molecule has 0 aliphatic rings. The van der Waals surface area contributed by atoms with E-state index in [1.807, 2.05) is 0 Å². The second-order valence-electron chi connectivity index (χ2n) is 4.56. The molecule has 2 aromatic carbocycles. The van der Waals surface area contributed by atoms with Crippen molar-refractivity contribution in [3.63, 3.8) is 0 Å². The number of nitro groups is 1. The van der Waals surface area contributed by atoms with Gasteiger partial charge in [0, 0.05) is 17.7 Å². The van der Waals surface area contributed by atoms with Gasteiger partial charge in [-0.1, -0.05) is 0 Å². The lowest BCUT2D eigenvalue weighted by molar-refractivity contribution is -0.384. The summed E-state index contributed by atoms with van der Waals surface area (Å²) in [5.74, 6) is -0.0842. The fourth-order valence-corrected chi connectivity index (χ4v) is 2.54. The lowest BCUT2D eigenvalue weighted by Crippen LogP contribution is -2.12. The Kier molecular flexibility index (Phi) is 3.85. The number of ether oxygens (including phenoxy) is 1. The van der Waals surface area contributed by atoms with Crippen molar-refractivity contribution in [2.24, 2.45) is 0 Å². The van der Waals surface area contributed by atoms with E-state index in [0.29, 0.717) is 22.3 Å². The third-order valence-corrected chi connectivity index (χ3v) is 3.71. The SMILES string of the molecule is COc1ccc([N+](=O)[O-])cc1NC(=O)c1ccc2nsnc2c1. The number of rotatable bonds is 4. The Hall–Kier alpha value is -3.07. The Morgan fingerprint density at radius 3 is 2.74 bits per heavy atom. The minimum Gasteiger partial charge on any atom is -0.495 e. The van der Waals surface area contributed by atoms with Crippen LogP contribution in [-0.4, -0.2) is 26.7 Å². The highest BCUT2D eigenvalue weighted by molar-refractivity contribution is 7.00.